The molecule has 0 aliphatic rings. The number of nitrogens with one attached hydrogen (secondary N) is 2. The van der Waals surface area contributed by atoms with Gasteiger partial charge in [0.05, 0.1) is 24.3 Å². The number of methoxy groups -OCH3 is 1. The number of amides is 2. The van der Waals surface area contributed by atoms with Crippen LogP contribution in [0.1, 0.15) is 11.1 Å². The van der Waals surface area contributed by atoms with Crippen LogP contribution in [0.25, 0.3) is 0 Å². The minimum atomic E-state index is -0.227. The molecular weight excluding hydrogens is 372 g/mol. The summed E-state index contributed by atoms with van der Waals surface area (Å²) in [7, 11) is 1.52. The molecule has 2 amide bonds. The molecular formula is C19H21ClN2O3S. The van der Waals surface area contributed by atoms with Crippen LogP contribution in [-0.2, 0) is 9.59 Å². The maximum atomic E-state index is 12.1. The van der Waals surface area contributed by atoms with Crippen LogP contribution in [0.15, 0.2) is 36.4 Å². The lowest BCUT2D eigenvalue weighted by Gasteiger charge is -2.11. The molecule has 138 valence electrons. The number of halogens is 1. The van der Waals surface area contributed by atoms with Crippen LogP contribution in [0.4, 0.5) is 11.4 Å². The van der Waals surface area contributed by atoms with Crippen molar-refractivity contribution in [3.05, 3.63) is 52.5 Å². The smallest absolute Gasteiger partial charge is 0.234 e. The Kier molecular flexibility index (Phi) is 7.36. The van der Waals surface area contributed by atoms with Gasteiger partial charge in [0, 0.05) is 10.7 Å². The fourth-order valence-electron chi connectivity index (χ4n) is 2.34. The molecule has 0 saturated carbocycles. The zero-order chi connectivity index (χ0) is 19.1. The molecule has 0 atom stereocenters. The van der Waals surface area contributed by atoms with E-state index in [-0.39, 0.29) is 23.3 Å². The minimum absolute atomic E-state index is 0.143. The molecule has 2 aromatic carbocycles. The van der Waals surface area contributed by atoms with Gasteiger partial charge in [-0.25, -0.2) is 0 Å². The normalized spacial score (nSPS) is 10.3. The van der Waals surface area contributed by atoms with Crippen molar-refractivity contribution in [2.45, 2.75) is 13.8 Å². The third-order valence-electron chi connectivity index (χ3n) is 3.56. The monoisotopic (exact) mass is 392 g/mol. The summed E-state index contributed by atoms with van der Waals surface area (Å²) in [5, 5.41) is 6.10. The van der Waals surface area contributed by atoms with Crippen molar-refractivity contribution in [3.63, 3.8) is 0 Å². The van der Waals surface area contributed by atoms with Crippen LogP contribution in [0.5, 0.6) is 5.75 Å². The molecule has 26 heavy (non-hydrogen) atoms. The first-order valence-corrected chi connectivity index (χ1v) is 9.50. The number of ether oxygens (including phenoxy) is 1. The molecule has 2 aromatic rings. The summed E-state index contributed by atoms with van der Waals surface area (Å²) in [4.78, 5) is 24.1. The Morgan fingerprint density at radius 1 is 1.00 bits per heavy atom. The number of benzene rings is 2. The molecule has 0 spiro atoms. The fourth-order valence-corrected chi connectivity index (χ4v) is 3.13. The number of hydrogen-bond donors (Lipinski definition) is 2. The molecule has 0 saturated heterocycles. The Bertz CT molecular complexity index is 811. The van der Waals surface area contributed by atoms with E-state index in [2.05, 4.69) is 10.6 Å². The van der Waals surface area contributed by atoms with Gasteiger partial charge < -0.3 is 15.4 Å². The standard InChI is InChI=1S/C19H21ClN2O3S/c1-12-4-6-15(13(2)8-12)21-18(23)10-26-11-19(24)22-16-9-14(20)5-7-17(16)25-3/h4-9H,10-11H2,1-3H3,(H,21,23)(H,22,24). The predicted molar refractivity (Wildman–Crippen MR) is 109 cm³/mol. The van der Waals surface area contributed by atoms with Gasteiger partial charge in [-0.3, -0.25) is 9.59 Å². The van der Waals surface area contributed by atoms with E-state index in [9.17, 15) is 9.59 Å². The van der Waals surface area contributed by atoms with Gasteiger partial charge in [0.1, 0.15) is 5.75 Å². The Balaban J connectivity index is 1.81. The zero-order valence-electron chi connectivity index (χ0n) is 14.9. The second kappa shape index (κ2) is 9.50. The van der Waals surface area contributed by atoms with E-state index in [1.165, 1.54) is 18.9 Å². The number of hydrogen-bond acceptors (Lipinski definition) is 4. The van der Waals surface area contributed by atoms with Gasteiger partial charge >= 0.3 is 0 Å². The summed E-state index contributed by atoms with van der Waals surface area (Å²) in [6.45, 7) is 3.95. The van der Waals surface area contributed by atoms with Gasteiger partial charge in [-0.05, 0) is 43.7 Å². The van der Waals surface area contributed by atoms with Crippen LogP contribution in [0.3, 0.4) is 0 Å². The first-order valence-electron chi connectivity index (χ1n) is 7.97. The Morgan fingerprint density at radius 2 is 1.65 bits per heavy atom. The summed E-state index contributed by atoms with van der Waals surface area (Å²) < 4.78 is 5.19. The topological polar surface area (TPSA) is 67.4 Å². The third kappa shape index (κ3) is 5.97. The number of aryl methyl sites for hydroxylation is 2. The Hall–Kier alpha value is -2.18. The number of thioether (sulfide) groups is 1. The van der Waals surface area contributed by atoms with Crippen molar-refractivity contribution in [2.24, 2.45) is 0 Å². The maximum absolute atomic E-state index is 12.1. The fraction of sp³-hybridized carbons (Fsp3) is 0.263. The molecule has 0 aromatic heterocycles. The van der Waals surface area contributed by atoms with Crippen LogP contribution in [0, 0.1) is 13.8 Å². The molecule has 0 heterocycles. The molecule has 0 radical (unpaired) electrons. The summed E-state index contributed by atoms with van der Waals surface area (Å²) in [6.07, 6.45) is 0. The van der Waals surface area contributed by atoms with Crippen molar-refractivity contribution >= 4 is 46.6 Å². The highest BCUT2D eigenvalue weighted by Gasteiger charge is 2.10. The number of carbonyl (C=O) groups is 2. The van der Waals surface area contributed by atoms with E-state index < -0.39 is 0 Å². The first-order chi connectivity index (χ1) is 12.4. The van der Waals surface area contributed by atoms with Crippen LogP contribution >= 0.6 is 23.4 Å². The lowest BCUT2D eigenvalue weighted by Crippen LogP contribution is -2.19. The van der Waals surface area contributed by atoms with Gasteiger partial charge in [-0.15, -0.1) is 11.8 Å². The first kappa shape index (κ1) is 20.1. The van der Waals surface area contributed by atoms with Crippen molar-refractivity contribution < 1.29 is 14.3 Å². The highest BCUT2D eigenvalue weighted by Crippen LogP contribution is 2.27. The summed E-state index contributed by atoms with van der Waals surface area (Å²) in [5.41, 5.74) is 3.44. The van der Waals surface area contributed by atoms with Crippen LogP contribution < -0.4 is 15.4 Å². The van der Waals surface area contributed by atoms with E-state index in [0.717, 1.165) is 16.8 Å². The van der Waals surface area contributed by atoms with Crippen molar-refractivity contribution in [1.82, 2.24) is 0 Å². The molecule has 7 heteroatoms. The van der Waals surface area contributed by atoms with E-state index in [1.807, 2.05) is 32.0 Å². The van der Waals surface area contributed by atoms with Gasteiger partial charge in [-0.2, -0.15) is 0 Å². The van der Waals surface area contributed by atoms with Crippen LogP contribution in [0.2, 0.25) is 5.02 Å². The molecule has 0 fully saturated rings. The molecule has 5 nitrogen and oxygen atoms in total. The largest absolute Gasteiger partial charge is 0.495 e. The maximum Gasteiger partial charge on any atom is 0.234 e. The number of carbonyl (C=O) groups excluding carboxylic acids is 2. The second-order valence-corrected chi connectivity index (χ2v) is 7.17. The number of rotatable bonds is 7. The summed E-state index contributed by atoms with van der Waals surface area (Å²) in [6, 6.07) is 10.8. The van der Waals surface area contributed by atoms with E-state index in [1.54, 1.807) is 18.2 Å². The Morgan fingerprint density at radius 3 is 2.27 bits per heavy atom. The predicted octanol–water partition coefficient (Wildman–Crippen LogP) is 4.28. The number of anilines is 2. The minimum Gasteiger partial charge on any atom is -0.495 e. The van der Waals surface area contributed by atoms with E-state index in [0.29, 0.717) is 16.5 Å². The molecule has 0 unspecified atom stereocenters. The second-order valence-electron chi connectivity index (χ2n) is 5.75. The zero-order valence-corrected chi connectivity index (χ0v) is 16.5. The summed E-state index contributed by atoms with van der Waals surface area (Å²) >= 11 is 7.17. The lowest BCUT2D eigenvalue weighted by atomic mass is 10.1. The van der Waals surface area contributed by atoms with Gasteiger partial charge in [0.2, 0.25) is 11.8 Å². The van der Waals surface area contributed by atoms with Crippen molar-refractivity contribution in [2.75, 3.05) is 29.2 Å². The molecule has 0 aliphatic heterocycles. The lowest BCUT2D eigenvalue weighted by molar-refractivity contribution is -0.114. The molecule has 0 bridgehead atoms. The molecule has 2 N–H and O–H groups in total. The van der Waals surface area contributed by atoms with Gasteiger partial charge in [0.25, 0.3) is 0 Å². The van der Waals surface area contributed by atoms with Crippen molar-refractivity contribution in [3.8, 4) is 5.75 Å². The highest BCUT2D eigenvalue weighted by molar-refractivity contribution is 8.00. The average molecular weight is 393 g/mol. The van der Waals surface area contributed by atoms with E-state index in [4.69, 9.17) is 16.3 Å². The third-order valence-corrected chi connectivity index (χ3v) is 4.73. The highest BCUT2D eigenvalue weighted by atomic mass is 35.5. The Labute approximate surface area is 162 Å². The van der Waals surface area contributed by atoms with Crippen molar-refractivity contribution in [1.29, 1.82) is 0 Å². The average Bonchev–Trinajstić information content (AvgIpc) is 2.57. The van der Waals surface area contributed by atoms with Crippen LogP contribution in [-0.4, -0.2) is 30.4 Å². The van der Waals surface area contributed by atoms with Gasteiger partial charge in [0.15, 0.2) is 0 Å². The molecule has 0 aliphatic carbocycles. The SMILES string of the molecule is COc1ccc(Cl)cc1NC(=O)CSCC(=O)Nc1ccc(C)cc1C. The van der Waals surface area contributed by atoms with E-state index >= 15 is 0 Å². The molecule has 2 rings (SSSR count). The quantitative estimate of drug-likeness (QED) is 0.738. The van der Waals surface area contributed by atoms with Gasteiger partial charge in [-0.1, -0.05) is 29.3 Å². The summed E-state index contributed by atoms with van der Waals surface area (Å²) in [5.74, 6) is 0.494.